The molecule has 6 nitrogen and oxygen atoms in total. The third-order valence-electron chi connectivity index (χ3n) is 13.6. The summed E-state index contributed by atoms with van der Waals surface area (Å²) in [5, 5.41) is 6.55. The van der Waals surface area contributed by atoms with E-state index < -0.39 is 0 Å². The number of fused-ring (bicyclic) bond motifs is 10. The zero-order valence-corrected chi connectivity index (χ0v) is 37.2. The van der Waals surface area contributed by atoms with Crippen LogP contribution in [0.5, 0.6) is 0 Å². The van der Waals surface area contributed by atoms with E-state index in [0.29, 0.717) is 17.6 Å². The first kappa shape index (κ1) is 38.8. The lowest BCUT2D eigenvalue weighted by Crippen LogP contribution is -2.07. The molecule has 6 heteroatoms. The predicted molar refractivity (Wildman–Crippen MR) is 283 cm³/mol. The summed E-state index contributed by atoms with van der Waals surface area (Å²) in [6.07, 6.45) is 0. The van der Waals surface area contributed by atoms with Crippen molar-refractivity contribution in [2.45, 2.75) is 0 Å². The maximum Gasteiger partial charge on any atom is 0.238 e. The lowest BCUT2D eigenvalue weighted by molar-refractivity contribution is 0.666. The average Bonchev–Trinajstić information content (AvgIpc) is 4.09. The molecule has 0 aliphatic carbocycles. The summed E-state index contributed by atoms with van der Waals surface area (Å²) in [7, 11) is 0. The zero-order chi connectivity index (χ0) is 45.4. The Hall–Kier alpha value is -9.39. The molecule has 69 heavy (non-hydrogen) atoms. The molecule has 0 saturated heterocycles. The van der Waals surface area contributed by atoms with Gasteiger partial charge in [0.2, 0.25) is 5.95 Å². The van der Waals surface area contributed by atoms with Gasteiger partial charge in [0, 0.05) is 43.4 Å². The Morgan fingerprint density at radius 1 is 0.290 bits per heavy atom. The summed E-state index contributed by atoms with van der Waals surface area (Å²) in [5.41, 5.74) is 15.3. The van der Waals surface area contributed by atoms with Crippen LogP contribution in [0.2, 0.25) is 0 Å². The van der Waals surface area contributed by atoms with Crippen LogP contribution in [0.15, 0.2) is 241 Å². The highest BCUT2D eigenvalue weighted by Gasteiger charge is 2.26. The molecule has 0 amide bonds. The van der Waals surface area contributed by atoms with Gasteiger partial charge < -0.3 is 8.98 Å². The first-order chi connectivity index (χ1) is 34.2. The number of hydrogen-bond donors (Lipinski definition) is 0. The van der Waals surface area contributed by atoms with Crippen LogP contribution in [0.25, 0.3) is 133 Å². The standard InChI is InChI=1S/C63H39N5O/c1-4-16-40(17-5-1)42-28-30-44(31-29-42)47-38-53-50-24-12-15-27-57(50)69-60(53)56(39-47)67-54-25-13-10-22-48(54)51-36-37-52-49-23-11-14-26-55(49)68(59(52)58(51)67)63-65-61(45-20-8-3-9-21-45)64-62(66-63)46-34-32-43(33-35-46)41-18-6-2-7-19-41/h1-39H. The number of hydrogen-bond acceptors (Lipinski definition) is 4. The number of nitrogens with zero attached hydrogens (tertiary/aromatic N) is 5. The summed E-state index contributed by atoms with van der Waals surface area (Å²) >= 11 is 0. The second-order valence-electron chi connectivity index (χ2n) is 17.6. The monoisotopic (exact) mass is 881 g/mol. The molecule has 0 unspecified atom stereocenters. The molecular formula is C63H39N5O. The third-order valence-corrected chi connectivity index (χ3v) is 13.6. The van der Waals surface area contributed by atoms with Crippen LogP contribution < -0.4 is 0 Å². The SMILES string of the molecule is c1ccc(-c2ccc(-c3cc(-n4c5ccccc5c5ccc6c7ccccc7n(-c7nc(-c8ccccc8)nc(-c8ccc(-c9ccccc9)cc8)n7)c6c54)c4oc5ccccc5c4c3)cc2)cc1. The normalized spacial score (nSPS) is 11.8. The molecule has 14 aromatic rings. The summed E-state index contributed by atoms with van der Waals surface area (Å²) in [6, 6.07) is 83.3. The fourth-order valence-corrected chi connectivity index (χ4v) is 10.3. The molecule has 0 aliphatic rings. The maximum absolute atomic E-state index is 6.96. The molecule has 0 fully saturated rings. The van der Waals surface area contributed by atoms with E-state index in [0.717, 1.165) is 105 Å². The van der Waals surface area contributed by atoms with Crippen molar-refractivity contribution < 1.29 is 4.42 Å². The van der Waals surface area contributed by atoms with Crippen LogP contribution in [-0.4, -0.2) is 24.1 Å². The summed E-state index contributed by atoms with van der Waals surface area (Å²) < 4.78 is 11.6. The van der Waals surface area contributed by atoms with Crippen molar-refractivity contribution in [3.05, 3.63) is 237 Å². The lowest BCUT2D eigenvalue weighted by atomic mass is 9.98. The van der Waals surface area contributed by atoms with Crippen LogP contribution in [0.3, 0.4) is 0 Å². The maximum atomic E-state index is 6.96. The van der Waals surface area contributed by atoms with Crippen molar-refractivity contribution in [1.29, 1.82) is 0 Å². The van der Waals surface area contributed by atoms with Gasteiger partial charge in [-0.05, 0) is 63.7 Å². The van der Waals surface area contributed by atoms with E-state index in [1.54, 1.807) is 0 Å². The molecule has 4 heterocycles. The van der Waals surface area contributed by atoms with Crippen molar-refractivity contribution in [2.75, 3.05) is 0 Å². The van der Waals surface area contributed by atoms with Gasteiger partial charge in [0.1, 0.15) is 5.58 Å². The Labute approximate surface area is 396 Å². The Morgan fingerprint density at radius 2 is 0.710 bits per heavy atom. The van der Waals surface area contributed by atoms with Crippen molar-refractivity contribution in [1.82, 2.24) is 24.1 Å². The Kier molecular flexibility index (Phi) is 8.79. The summed E-state index contributed by atoms with van der Waals surface area (Å²) in [4.78, 5) is 16.0. The van der Waals surface area contributed by atoms with Crippen LogP contribution in [0.1, 0.15) is 0 Å². The van der Waals surface area contributed by atoms with Gasteiger partial charge in [-0.2, -0.15) is 9.97 Å². The highest BCUT2D eigenvalue weighted by Crippen LogP contribution is 2.45. The molecule has 0 N–H and O–H groups in total. The molecule has 0 spiro atoms. The predicted octanol–water partition coefficient (Wildman–Crippen LogP) is 16.3. The van der Waals surface area contributed by atoms with Gasteiger partial charge in [-0.1, -0.05) is 206 Å². The molecule has 10 aromatic carbocycles. The first-order valence-corrected chi connectivity index (χ1v) is 23.3. The van der Waals surface area contributed by atoms with Crippen LogP contribution in [-0.2, 0) is 0 Å². The topological polar surface area (TPSA) is 61.7 Å². The van der Waals surface area contributed by atoms with Gasteiger partial charge in [-0.15, -0.1) is 0 Å². The van der Waals surface area contributed by atoms with E-state index in [-0.39, 0.29) is 0 Å². The van der Waals surface area contributed by atoms with Gasteiger partial charge in [0.15, 0.2) is 17.2 Å². The molecule has 322 valence electrons. The fraction of sp³-hybridized carbons (Fsp3) is 0. The average molecular weight is 882 g/mol. The van der Waals surface area contributed by atoms with Crippen LogP contribution >= 0.6 is 0 Å². The van der Waals surface area contributed by atoms with Gasteiger partial charge in [0.25, 0.3) is 0 Å². The fourth-order valence-electron chi connectivity index (χ4n) is 10.3. The molecule has 0 saturated carbocycles. The number of aromatic nitrogens is 5. The van der Waals surface area contributed by atoms with E-state index in [9.17, 15) is 0 Å². The van der Waals surface area contributed by atoms with Crippen molar-refractivity contribution in [3.8, 4) is 67.8 Å². The van der Waals surface area contributed by atoms with E-state index >= 15 is 0 Å². The number of furan rings is 1. The molecule has 0 atom stereocenters. The Balaban J connectivity index is 1.07. The highest BCUT2D eigenvalue weighted by molar-refractivity contribution is 6.24. The number of para-hydroxylation sites is 3. The first-order valence-electron chi connectivity index (χ1n) is 23.3. The Bertz CT molecular complexity index is 4270. The van der Waals surface area contributed by atoms with Gasteiger partial charge >= 0.3 is 0 Å². The van der Waals surface area contributed by atoms with E-state index in [2.05, 4.69) is 215 Å². The second-order valence-corrected chi connectivity index (χ2v) is 17.6. The highest BCUT2D eigenvalue weighted by atomic mass is 16.3. The lowest BCUT2D eigenvalue weighted by Gasteiger charge is -2.15. The minimum Gasteiger partial charge on any atom is -0.454 e. The van der Waals surface area contributed by atoms with E-state index in [4.69, 9.17) is 19.4 Å². The molecule has 4 aromatic heterocycles. The van der Waals surface area contributed by atoms with Crippen molar-refractivity contribution in [2.24, 2.45) is 0 Å². The molecule has 0 bridgehead atoms. The second kappa shape index (κ2) is 15.6. The third kappa shape index (κ3) is 6.30. The van der Waals surface area contributed by atoms with E-state index in [1.807, 2.05) is 30.3 Å². The zero-order valence-electron chi connectivity index (χ0n) is 37.2. The smallest absolute Gasteiger partial charge is 0.238 e. The Morgan fingerprint density at radius 3 is 1.29 bits per heavy atom. The minimum absolute atomic E-state index is 0.530. The largest absolute Gasteiger partial charge is 0.454 e. The van der Waals surface area contributed by atoms with Crippen LogP contribution in [0.4, 0.5) is 0 Å². The molecular weight excluding hydrogens is 843 g/mol. The van der Waals surface area contributed by atoms with Crippen molar-refractivity contribution in [3.63, 3.8) is 0 Å². The van der Waals surface area contributed by atoms with Crippen LogP contribution in [0, 0.1) is 0 Å². The quantitative estimate of drug-likeness (QED) is 0.160. The van der Waals surface area contributed by atoms with Crippen molar-refractivity contribution >= 4 is 65.6 Å². The minimum atomic E-state index is 0.530. The number of rotatable bonds is 7. The summed E-state index contributed by atoms with van der Waals surface area (Å²) in [5.74, 6) is 1.71. The van der Waals surface area contributed by atoms with Gasteiger partial charge in [0.05, 0.1) is 27.8 Å². The van der Waals surface area contributed by atoms with E-state index in [1.165, 1.54) is 11.1 Å². The molecule has 14 rings (SSSR count). The summed E-state index contributed by atoms with van der Waals surface area (Å²) in [6.45, 7) is 0. The van der Waals surface area contributed by atoms with Gasteiger partial charge in [-0.3, -0.25) is 4.57 Å². The number of benzene rings is 10. The molecule has 0 radical (unpaired) electrons. The molecule has 0 aliphatic heterocycles. The van der Waals surface area contributed by atoms with Gasteiger partial charge in [-0.25, -0.2) is 4.98 Å².